The maximum absolute atomic E-state index is 13.5. The number of ether oxygens (including phenoxy) is 4. The largest absolute Gasteiger partial charge is 0.497 e. The fourth-order valence-corrected chi connectivity index (χ4v) is 17.6. The van der Waals surface area contributed by atoms with Crippen molar-refractivity contribution in [3.8, 4) is 45.3 Å². The number of nitrogens with two attached hydrogens (primary N) is 1. The van der Waals surface area contributed by atoms with Gasteiger partial charge in [-0.2, -0.15) is 4.39 Å². The van der Waals surface area contributed by atoms with E-state index in [0.717, 1.165) is 173 Å². The molecule has 4 aliphatic heterocycles. The molecule has 764 valence electrons. The maximum Gasteiger partial charge on any atom is 0.497 e. The van der Waals surface area contributed by atoms with Crippen LogP contribution in [0.1, 0.15) is 203 Å². The predicted molar refractivity (Wildman–Crippen MR) is 590 cm³/mol. The zero-order chi connectivity index (χ0) is 106. The van der Waals surface area contributed by atoms with Gasteiger partial charge in [-0.15, -0.1) is 0 Å². The lowest BCUT2D eigenvalue weighted by Gasteiger charge is -2.32. The summed E-state index contributed by atoms with van der Waals surface area (Å²) in [5, 5.41) is 16.6. The lowest BCUT2D eigenvalue weighted by molar-refractivity contribution is 0.00578. The van der Waals surface area contributed by atoms with Crippen LogP contribution in [0.4, 0.5) is 27.7 Å². The normalized spacial score (nSPS) is 14.2. The van der Waals surface area contributed by atoms with Crippen molar-refractivity contribution in [1.82, 2.24) is 78.7 Å². The molecule has 35 heteroatoms. The number of rotatable bonds is 15. The second kappa shape index (κ2) is 44.6. The van der Waals surface area contributed by atoms with Crippen LogP contribution in [0.3, 0.4) is 0 Å². The summed E-state index contributed by atoms with van der Waals surface area (Å²) in [4.78, 5) is 87.9. The number of aryl methyl sites for hydroxylation is 5. The highest BCUT2D eigenvalue weighted by atomic mass is 79.9. The van der Waals surface area contributed by atoms with E-state index >= 15 is 0 Å². The van der Waals surface area contributed by atoms with E-state index < -0.39 is 13.1 Å². The monoisotopic (exact) mass is 2160 g/mol. The molecule has 15 aromatic rings. The van der Waals surface area contributed by atoms with Gasteiger partial charge in [0, 0.05) is 163 Å². The first-order valence-corrected chi connectivity index (χ1v) is 50.6. The van der Waals surface area contributed by atoms with Crippen LogP contribution in [0.15, 0.2) is 178 Å². The number of nitrogens with zero attached hydrogens (tertiary/aromatic N) is 15. The van der Waals surface area contributed by atoms with Crippen molar-refractivity contribution >= 4 is 157 Å². The van der Waals surface area contributed by atoms with Gasteiger partial charge in [0.05, 0.1) is 112 Å². The van der Waals surface area contributed by atoms with Gasteiger partial charge in [0.1, 0.15) is 74.4 Å². The van der Waals surface area contributed by atoms with Gasteiger partial charge in [-0.1, -0.05) is 48.5 Å². The quantitative estimate of drug-likeness (QED) is 0.0519. The lowest BCUT2D eigenvalue weighted by atomic mass is 9.78. The standard InChI is InChI=1S/C29H33N5O3.C20H23N5O.C19H28BN3O2.C16H17BrN2O3.C13H16BrN3.C9H6BrFN2.C4H11N/c1-18-27(32-29(2,3)4)31-26-22(8-7-9-23(26)30-18)20-14-24-28(35)34(13-12-33(24)17-20)16-19-10-11-21(36-5)15-25(19)37-6;1-12-18(24-20(2,3)4)23-17-14(6-5-7-15(17)22-12)13-10-16-19(26)21-8-9-25(16)11-13;1-12-16(23-17(2,3)4)22-15-13(10-9-11-14(15)21-12)20-24-18(5,6)19(7,8)25-20;1-21-13-4-3-11(15(8-13)22-2)9-19-6-5-18-10-12(17)7-14(18)16(19)20;1-8-12(17-13(2,3)4)16-11-9(14)6-5-7-10(11)15-8;1-5-9(11)13-8-6(10)3-2-4-7(8)12-5;1-4(2,3)5/h7-11,14-15,17H,12-13,16H2,1-6H3,(H,31,32);5-7,10-11H,8-9H2,1-4H3,(H,21,26)(H,23,24);9-11H,1-8H3,(H,22,23);3-4,7-8,10H,5-6,9H2,1-2H3;5-7H,1-4H3,(H,16,17);2-4H,1H3;5H2,1-3H3. The Kier molecular flexibility index (Phi) is 33.7. The summed E-state index contributed by atoms with van der Waals surface area (Å²) >= 11 is 10.2. The molecule has 19 rings (SSSR count). The van der Waals surface area contributed by atoms with Crippen LogP contribution >= 0.6 is 47.8 Å². The number of methoxy groups -OCH3 is 4. The van der Waals surface area contributed by atoms with E-state index in [1.165, 1.54) is 0 Å². The van der Waals surface area contributed by atoms with Crippen molar-refractivity contribution in [2.75, 3.05) is 69.3 Å². The number of amides is 3. The highest BCUT2D eigenvalue weighted by molar-refractivity contribution is 9.11. The average molecular weight is 2160 g/mol. The number of carbonyl (C=O) groups is 3. The summed E-state index contributed by atoms with van der Waals surface area (Å²) in [6.45, 7) is 54.1. The van der Waals surface area contributed by atoms with Gasteiger partial charge in [-0.25, -0.2) is 49.8 Å². The Labute approximate surface area is 874 Å². The Bertz CT molecular complexity index is 7280. The zero-order valence-corrected chi connectivity index (χ0v) is 93.1. The number of para-hydroxylation sites is 5. The summed E-state index contributed by atoms with van der Waals surface area (Å²) in [5.74, 6) is 5.59. The molecule has 0 radical (unpaired) electrons. The molecular formula is C110H134BBr3FN21O9. The Hall–Kier alpha value is -12.8. The fourth-order valence-electron chi connectivity index (χ4n) is 16.2. The molecule has 0 saturated carbocycles. The van der Waals surface area contributed by atoms with Crippen molar-refractivity contribution < 1.29 is 47.0 Å². The van der Waals surface area contributed by atoms with Gasteiger partial charge in [-0.05, 0) is 299 Å². The number of anilines is 4. The Balaban J connectivity index is 0.000000148. The van der Waals surface area contributed by atoms with E-state index in [9.17, 15) is 18.8 Å². The molecule has 0 unspecified atom stereocenters. The van der Waals surface area contributed by atoms with Crippen LogP contribution < -0.4 is 56.7 Å². The molecule has 0 bridgehead atoms. The van der Waals surface area contributed by atoms with Crippen LogP contribution in [0.2, 0.25) is 0 Å². The minimum absolute atomic E-state index is 0. The first-order valence-electron chi connectivity index (χ1n) is 48.2. The van der Waals surface area contributed by atoms with Gasteiger partial charge in [0.2, 0.25) is 5.95 Å². The van der Waals surface area contributed by atoms with Crippen molar-refractivity contribution in [2.45, 2.75) is 238 Å². The van der Waals surface area contributed by atoms with Crippen LogP contribution in [0, 0.1) is 40.6 Å². The SMILES string of the molecule is CC(C)(C)N.COc1ccc(CN2CCn3cc(-c4cccc5nc(C)c(NC(C)(C)C)nc45)cc3C2=O)c(OC)c1.COc1ccc(CN2CCn3cc(Br)cc3C2=O)c(OC)c1.Cc1nc2cccc(-c3cc4n(c3)CCNC4=O)c2nc1NC(C)(C)C.Cc1nc2cccc(B3OC(C)(C)C(C)(C)O3)c2nc1NC(C)(C)C.Cc1nc2cccc(Br)c2nc1F.Cc1nc2cccc(Br)c2nc1NC(C)(C)C. The number of halogens is 4. The lowest BCUT2D eigenvalue weighted by Crippen LogP contribution is -2.41. The molecular weight excluding hydrogens is 2030 g/mol. The number of carbonyl (C=O) groups excluding carboxylic acids is 3. The summed E-state index contributed by atoms with van der Waals surface area (Å²) in [7, 11) is 6.05. The summed E-state index contributed by atoms with van der Waals surface area (Å²) < 4.78 is 55.6. The first kappa shape index (κ1) is 109. The molecule has 0 atom stereocenters. The number of aromatic nitrogens is 13. The van der Waals surface area contributed by atoms with Crippen LogP contribution in [0.25, 0.3) is 77.4 Å². The molecule has 7 N–H and O–H groups in total. The molecule has 4 aliphatic rings. The average Bonchev–Trinajstić information content (AvgIpc) is 1.62. The van der Waals surface area contributed by atoms with E-state index in [1.54, 1.807) is 41.4 Å². The third kappa shape index (κ3) is 27.5. The smallest absolute Gasteiger partial charge is 0.497 e. The highest BCUT2D eigenvalue weighted by Gasteiger charge is 2.52. The van der Waals surface area contributed by atoms with Crippen LogP contribution in [-0.2, 0) is 42.0 Å². The summed E-state index contributed by atoms with van der Waals surface area (Å²) in [6, 6.07) is 46.4. The van der Waals surface area contributed by atoms with Gasteiger partial charge < -0.3 is 84.1 Å². The summed E-state index contributed by atoms with van der Waals surface area (Å²) in [6.07, 6.45) is 6.02. The van der Waals surface area contributed by atoms with Gasteiger partial charge in [0.25, 0.3) is 17.7 Å². The molecule has 8 aromatic heterocycles. The Morgan fingerprint density at radius 1 is 0.414 bits per heavy atom. The Morgan fingerprint density at radius 3 is 1.16 bits per heavy atom. The maximum atomic E-state index is 13.5. The van der Waals surface area contributed by atoms with E-state index in [-0.39, 0.29) is 56.6 Å². The molecule has 3 amide bonds. The zero-order valence-electron chi connectivity index (χ0n) is 88.3. The van der Waals surface area contributed by atoms with Gasteiger partial charge in [0.15, 0.2) is 0 Å². The molecule has 0 spiro atoms. The number of fused-ring (bicyclic) bond motifs is 8. The van der Waals surface area contributed by atoms with Gasteiger partial charge in [-0.3, -0.25) is 14.4 Å². The van der Waals surface area contributed by atoms with E-state index in [2.05, 4.69) is 205 Å². The first-order chi connectivity index (χ1) is 68.0. The second-order valence-corrected chi connectivity index (χ2v) is 45.0. The van der Waals surface area contributed by atoms with E-state index in [1.807, 2.05) is 230 Å². The number of hydrogen-bond acceptors (Lipinski definition) is 24. The van der Waals surface area contributed by atoms with Crippen LogP contribution in [-0.4, -0.2) is 185 Å². The highest BCUT2D eigenvalue weighted by Crippen LogP contribution is 2.40. The molecule has 12 heterocycles. The van der Waals surface area contributed by atoms with Crippen molar-refractivity contribution in [1.29, 1.82) is 0 Å². The van der Waals surface area contributed by atoms with E-state index in [4.69, 9.17) is 63.9 Å². The van der Waals surface area contributed by atoms with Crippen LogP contribution in [0.5, 0.6) is 23.0 Å². The minimum atomic E-state index is -0.514. The molecule has 145 heavy (non-hydrogen) atoms. The third-order valence-electron chi connectivity index (χ3n) is 23.8. The topological polar surface area (TPSA) is 343 Å². The number of hydrogen-bond donors (Lipinski definition) is 6. The van der Waals surface area contributed by atoms with Crippen molar-refractivity contribution in [2.24, 2.45) is 5.73 Å². The molecule has 0 aliphatic carbocycles. The molecule has 7 aromatic carbocycles. The predicted octanol–water partition coefficient (Wildman–Crippen LogP) is 22.5. The van der Waals surface area contributed by atoms with Crippen molar-refractivity contribution in [3.63, 3.8) is 0 Å². The molecule has 30 nitrogen and oxygen atoms in total. The third-order valence-corrected chi connectivity index (χ3v) is 25.5. The molecule has 1 fully saturated rings. The van der Waals surface area contributed by atoms with Crippen molar-refractivity contribution in [3.05, 3.63) is 240 Å². The van der Waals surface area contributed by atoms with E-state index in [0.29, 0.717) is 78.8 Å². The van der Waals surface area contributed by atoms with Gasteiger partial charge >= 0.3 is 7.12 Å². The summed E-state index contributed by atoms with van der Waals surface area (Å²) in [5.41, 5.74) is 25.0. The molecule has 1 saturated heterocycles. The number of benzene rings is 7. The minimum Gasteiger partial charge on any atom is -0.497 e. The Morgan fingerprint density at radius 2 is 0.759 bits per heavy atom. The second-order valence-electron chi connectivity index (χ2n) is 42.4. The number of nitrogens with one attached hydrogen (secondary N) is 5. The fraction of sp³-hybridized carbons (Fsp3) is 0.391.